The van der Waals surface area contributed by atoms with Crippen LogP contribution in [0.3, 0.4) is 0 Å². The Bertz CT molecular complexity index is 448. The fourth-order valence-corrected chi connectivity index (χ4v) is 2.60. The van der Waals surface area contributed by atoms with E-state index in [4.69, 9.17) is 0 Å². The van der Waals surface area contributed by atoms with Crippen molar-refractivity contribution in [1.82, 2.24) is 4.98 Å². The number of anilines is 1. The monoisotopic (exact) mass is 250 g/mol. The number of hydrogen-bond donors (Lipinski definition) is 1. The Balaban J connectivity index is 2.21. The van der Waals surface area contributed by atoms with Crippen molar-refractivity contribution in [3.05, 3.63) is 29.6 Å². The van der Waals surface area contributed by atoms with Crippen molar-refractivity contribution in [2.45, 2.75) is 11.8 Å². The maximum Gasteiger partial charge on any atom is 0.183 e. The largest absolute Gasteiger partial charge is 0.362 e. The van der Waals surface area contributed by atoms with Crippen LogP contribution in [0, 0.1) is 0 Å². The van der Waals surface area contributed by atoms with E-state index in [1.807, 2.05) is 0 Å². The smallest absolute Gasteiger partial charge is 0.183 e. The lowest BCUT2D eigenvalue weighted by Gasteiger charge is -1.99. The quantitative estimate of drug-likeness (QED) is 0.831. The first-order valence-corrected chi connectivity index (χ1v) is 7.27. The van der Waals surface area contributed by atoms with Crippen LogP contribution in [0.15, 0.2) is 34.5 Å². The van der Waals surface area contributed by atoms with Gasteiger partial charge in [-0.05, 0) is 25.3 Å². The summed E-state index contributed by atoms with van der Waals surface area (Å²) in [5.41, 5.74) is 2.23. The van der Waals surface area contributed by atoms with Crippen LogP contribution in [0.25, 0.3) is 11.3 Å². The van der Waals surface area contributed by atoms with E-state index in [0.717, 1.165) is 17.4 Å². The van der Waals surface area contributed by atoms with E-state index < -0.39 is 0 Å². The predicted octanol–water partition coefficient (Wildman–Crippen LogP) is 3.96. The maximum atomic E-state index is 4.53. The van der Waals surface area contributed by atoms with Gasteiger partial charge in [-0.2, -0.15) is 0 Å². The second kappa shape index (κ2) is 5.37. The molecule has 0 radical (unpaired) electrons. The molecule has 0 aliphatic heterocycles. The topological polar surface area (TPSA) is 24.9 Å². The summed E-state index contributed by atoms with van der Waals surface area (Å²) in [6.07, 6.45) is 2.08. The Morgan fingerprint density at radius 3 is 2.69 bits per heavy atom. The van der Waals surface area contributed by atoms with Crippen molar-refractivity contribution in [1.29, 1.82) is 0 Å². The molecule has 0 saturated heterocycles. The van der Waals surface area contributed by atoms with Crippen molar-refractivity contribution in [2.75, 3.05) is 18.1 Å². The zero-order valence-electron chi connectivity index (χ0n) is 9.36. The summed E-state index contributed by atoms with van der Waals surface area (Å²) in [7, 11) is 0. The lowest BCUT2D eigenvalue weighted by molar-refractivity contribution is 1.19. The molecule has 1 N–H and O–H groups in total. The fraction of sp³-hybridized carbons (Fsp3) is 0.250. The van der Waals surface area contributed by atoms with E-state index in [9.17, 15) is 0 Å². The highest BCUT2D eigenvalue weighted by molar-refractivity contribution is 7.98. The van der Waals surface area contributed by atoms with Gasteiger partial charge in [-0.1, -0.05) is 12.1 Å². The van der Waals surface area contributed by atoms with Gasteiger partial charge in [0.05, 0.1) is 5.69 Å². The van der Waals surface area contributed by atoms with Crippen LogP contribution in [0.2, 0.25) is 0 Å². The first kappa shape index (κ1) is 11.5. The molecule has 16 heavy (non-hydrogen) atoms. The molecule has 1 aromatic carbocycles. The third-order valence-corrected chi connectivity index (χ3v) is 3.76. The van der Waals surface area contributed by atoms with E-state index in [-0.39, 0.29) is 0 Å². The Hall–Kier alpha value is -1.00. The minimum absolute atomic E-state index is 0.915. The average molecular weight is 250 g/mol. The molecule has 0 spiro atoms. The van der Waals surface area contributed by atoms with Crippen LogP contribution in [0.1, 0.15) is 6.92 Å². The molecule has 1 heterocycles. The average Bonchev–Trinajstić information content (AvgIpc) is 2.78. The van der Waals surface area contributed by atoms with Gasteiger partial charge < -0.3 is 5.32 Å². The minimum atomic E-state index is 0.915. The highest BCUT2D eigenvalue weighted by Gasteiger charge is 2.03. The van der Waals surface area contributed by atoms with E-state index in [2.05, 4.69) is 53.1 Å². The normalized spacial score (nSPS) is 10.4. The number of hydrogen-bond acceptors (Lipinski definition) is 4. The Labute approximate surface area is 104 Å². The van der Waals surface area contributed by atoms with Crippen LogP contribution in [-0.2, 0) is 0 Å². The molecule has 2 nitrogen and oxygen atoms in total. The molecule has 84 valence electrons. The first-order valence-electron chi connectivity index (χ1n) is 5.17. The predicted molar refractivity (Wildman–Crippen MR) is 73.5 cm³/mol. The Morgan fingerprint density at radius 2 is 2.06 bits per heavy atom. The molecule has 0 bridgehead atoms. The van der Waals surface area contributed by atoms with Crippen molar-refractivity contribution in [3.63, 3.8) is 0 Å². The van der Waals surface area contributed by atoms with E-state index in [1.54, 1.807) is 23.1 Å². The van der Waals surface area contributed by atoms with Crippen LogP contribution in [0.4, 0.5) is 5.13 Å². The summed E-state index contributed by atoms with van der Waals surface area (Å²) < 4.78 is 0. The van der Waals surface area contributed by atoms with Crippen LogP contribution < -0.4 is 5.32 Å². The molecule has 0 aliphatic rings. The molecular formula is C12H14N2S2. The van der Waals surface area contributed by atoms with Gasteiger partial charge in [0.2, 0.25) is 0 Å². The molecule has 0 aliphatic carbocycles. The van der Waals surface area contributed by atoms with E-state index in [0.29, 0.717) is 0 Å². The molecular weight excluding hydrogens is 236 g/mol. The van der Waals surface area contributed by atoms with Gasteiger partial charge in [0.25, 0.3) is 0 Å². The number of rotatable bonds is 4. The molecule has 0 saturated carbocycles. The summed E-state index contributed by atoms with van der Waals surface area (Å²) >= 11 is 3.41. The molecule has 2 aromatic rings. The van der Waals surface area contributed by atoms with Gasteiger partial charge >= 0.3 is 0 Å². The maximum absolute atomic E-state index is 4.53. The third-order valence-electron chi connectivity index (χ3n) is 2.22. The fourth-order valence-electron chi connectivity index (χ4n) is 1.40. The zero-order valence-corrected chi connectivity index (χ0v) is 11.0. The second-order valence-electron chi connectivity index (χ2n) is 3.30. The van der Waals surface area contributed by atoms with Crippen molar-refractivity contribution in [3.8, 4) is 11.3 Å². The molecule has 0 atom stereocenters. The lowest BCUT2D eigenvalue weighted by atomic mass is 10.2. The summed E-state index contributed by atoms with van der Waals surface area (Å²) in [5, 5.41) is 6.30. The molecule has 4 heteroatoms. The Kier molecular flexibility index (Phi) is 3.85. The zero-order chi connectivity index (χ0) is 11.4. The van der Waals surface area contributed by atoms with Gasteiger partial charge in [-0.25, -0.2) is 4.98 Å². The summed E-state index contributed by atoms with van der Waals surface area (Å²) in [6.45, 7) is 2.99. The lowest BCUT2D eigenvalue weighted by Crippen LogP contribution is -1.94. The van der Waals surface area contributed by atoms with Crippen LogP contribution in [0.5, 0.6) is 0 Å². The molecule has 1 aromatic heterocycles. The number of nitrogens with one attached hydrogen (secondary N) is 1. The summed E-state index contributed by atoms with van der Waals surface area (Å²) in [6, 6.07) is 8.51. The minimum Gasteiger partial charge on any atom is -0.362 e. The van der Waals surface area contributed by atoms with Gasteiger partial charge in [-0.3, -0.25) is 0 Å². The van der Waals surface area contributed by atoms with Gasteiger partial charge in [-0.15, -0.1) is 23.1 Å². The molecule has 2 rings (SSSR count). The second-order valence-corrected chi connectivity index (χ2v) is 5.03. The van der Waals surface area contributed by atoms with E-state index in [1.165, 1.54) is 10.5 Å². The van der Waals surface area contributed by atoms with E-state index >= 15 is 0 Å². The van der Waals surface area contributed by atoms with Crippen molar-refractivity contribution in [2.24, 2.45) is 0 Å². The number of thiazole rings is 1. The highest BCUT2D eigenvalue weighted by Crippen LogP contribution is 2.26. The van der Waals surface area contributed by atoms with Crippen LogP contribution >= 0.6 is 23.1 Å². The van der Waals surface area contributed by atoms with Crippen LogP contribution in [-0.4, -0.2) is 17.8 Å². The number of thioether (sulfide) groups is 1. The molecule has 0 amide bonds. The standard InChI is InChI=1S/C12H14N2S2/c1-3-13-12-14-11(8-16-12)9-4-6-10(15-2)7-5-9/h4-8H,3H2,1-2H3,(H,13,14). The Morgan fingerprint density at radius 1 is 1.31 bits per heavy atom. The number of aromatic nitrogens is 1. The SMILES string of the molecule is CCNc1nc(-c2ccc(SC)cc2)cs1. The van der Waals surface area contributed by atoms with Gasteiger partial charge in [0.15, 0.2) is 5.13 Å². The molecule has 0 unspecified atom stereocenters. The summed E-state index contributed by atoms with van der Waals surface area (Å²) in [4.78, 5) is 5.81. The number of nitrogens with zero attached hydrogens (tertiary/aromatic N) is 1. The van der Waals surface area contributed by atoms with Gasteiger partial charge in [0, 0.05) is 22.4 Å². The van der Waals surface area contributed by atoms with Gasteiger partial charge in [0.1, 0.15) is 0 Å². The van der Waals surface area contributed by atoms with Crippen molar-refractivity contribution >= 4 is 28.2 Å². The molecule has 0 fully saturated rings. The first-order chi connectivity index (χ1) is 7.83. The highest BCUT2D eigenvalue weighted by atomic mass is 32.2. The van der Waals surface area contributed by atoms with Crippen molar-refractivity contribution < 1.29 is 0 Å². The number of benzene rings is 1. The third kappa shape index (κ3) is 2.57. The summed E-state index contributed by atoms with van der Waals surface area (Å²) in [5.74, 6) is 0.